The van der Waals surface area contributed by atoms with E-state index in [1.165, 1.54) is 0 Å². The summed E-state index contributed by atoms with van der Waals surface area (Å²) >= 11 is 0. The van der Waals surface area contributed by atoms with E-state index in [1.54, 1.807) is 0 Å². The number of ether oxygens (including phenoxy) is 1. The van der Waals surface area contributed by atoms with Gasteiger partial charge in [-0.05, 0) is 24.8 Å². The molecule has 1 aliphatic heterocycles. The second kappa shape index (κ2) is 8.67. The zero-order valence-electron chi connectivity index (χ0n) is 13.5. The standard InChI is InChI=1S/C18H25NO4/c1-2-3-11-15(18(21)22)19-17(20)14-10-7-12-23-16(14)13-8-5-4-6-9-13/h4-6,8-9,14-16H,2-3,7,10-12H2,1H3,(H,19,20)(H,21,22). The highest BCUT2D eigenvalue weighted by molar-refractivity contribution is 5.85. The maximum Gasteiger partial charge on any atom is 0.326 e. The van der Waals surface area contributed by atoms with Crippen molar-refractivity contribution in [2.45, 2.75) is 51.2 Å². The molecular weight excluding hydrogens is 294 g/mol. The molecule has 1 aliphatic rings. The van der Waals surface area contributed by atoms with Crippen LogP contribution in [0, 0.1) is 5.92 Å². The number of amides is 1. The summed E-state index contributed by atoms with van der Waals surface area (Å²) in [5, 5.41) is 12.0. The first-order valence-corrected chi connectivity index (χ1v) is 8.33. The molecule has 1 aromatic carbocycles. The summed E-state index contributed by atoms with van der Waals surface area (Å²) in [6.45, 7) is 2.63. The van der Waals surface area contributed by atoms with Gasteiger partial charge in [0.1, 0.15) is 6.04 Å². The van der Waals surface area contributed by atoms with Crippen LogP contribution in [0.1, 0.15) is 50.7 Å². The Hall–Kier alpha value is -1.88. The van der Waals surface area contributed by atoms with Crippen molar-refractivity contribution in [2.24, 2.45) is 5.92 Å². The predicted molar refractivity (Wildman–Crippen MR) is 87.0 cm³/mol. The fraction of sp³-hybridized carbons (Fsp3) is 0.556. The Labute approximate surface area is 137 Å². The molecule has 23 heavy (non-hydrogen) atoms. The van der Waals surface area contributed by atoms with Gasteiger partial charge in [0.05, 0.1) is 12.0 Å². The van der Waals surface area contributed by atoms with E-state index in [4.69, 9.17) is 4.74 Å². The molecule has 5 heteroatoms. The van der Waals surface area contributed by atoms with Crippen molar-refractivity contribution in [1.29, 1.82) is 0 Å². The smallest absolute Gasteiger partial charge is 0.326 e. The molecule has 0 aromatic heterocycles. The molecule has 2 rings (SSSR count). The molecule has 2 N–H and O–H groups in total. The average Bonchev–Trinajstić information content (AvgIpc) is 2.59. The van der Waals surface area contributed by atoms with E-state index in [0.717, 1.165) is 24.8 Å². The van der Waals surface area contributed by atoms with Crippen molar-refractivity contribution in [2.75, 3.05) is 6.61 Å². The van der Waals surface area contributed by atoms with Crippen molar-refractivity contribution in [3.05, 3.63) is 35.9 Å². The minimum Gasteiger partial charge on any atom is -0.480 e. The van der Waals surface area contributed by atoms with Crippen molar-refractivity contribution in [3.8, 4) is 0 Å². The number of rotatable bonds is 7. The summed E-state index contributed by atoms with van der Waals surface area (Å²) in [6.07, 6.45) is 3.37. The first-order chi connectivity index (χ1) is 11.1. The second-order valence-electron chi connectivity index (χ2n) is 5.99. The number of carboxylic acid groups (broad SMARTS) is 1. The minimum atomic E-state index is -0.972. The number of carbonyl (C=O) groups is 2. The quantitative estimate of drug-likeness (QED) is 0.810. The second-order valence-corrected chi connectivity index (χ2v) is 5.99. The lowest BCUT2D eigenvalue weighted by molar-refractivity contribution is -0.145. The molecule has 126 valence electrons. The highest BCUT2D eigenvalue weighted by atomic mass is 16.5. The van der Waals surface area contributed by atoms with Crippen molar-refractivity contribution in [3.63, 3.8) is 0 Å². The minimum absolute atomic E-state index is 0.220. The van der Waals surface area contributed by atoms with Gasteiger partial charge in [-0.25, -0.2) is 4.79 Å². The normalized spacial score (nSPS) is 22.3. The Morgan fingerprint density at radius 3 is 2.74 bits per heavy atom. The number of carboxylic acids is 1. The Kier molecular flexibility index (Phi) is 6.59. The molecule has 0 aliphatic carbocycles. The van der Waals surface area contributed by atoms with Gasteiger partial charge in [0.25, 0.3) is 0 Å². The Balaban J connectivity index is 2.07. The molecular formula is C18H25NO4. The number of carbonyl (C=O) groups excluding carboxylic acids is 1. The highest BCUT2D eigenvalue weighted by Crippen LogP contribution is 2.33. The number of hydrogen-bond donors (Lipinski definition) is 2. The molecule has 1 amide bonds. The van der Waals surface area contributed by atoms with Crippen molar-refractivity contribution in [1.82, 2.24) is 5.32 Å². The third-order valence-electron chi connectivity index (χ3n) is 4.25. The van der Waals surface area contributed by atoms with E-state index in [9.17, 15) is 14.7 Å². The first-order valence-electron chi connectivity index (χ1n) is 8.33. The van der Waals surface area contributed by atoms with E-state index in [-0.39, 0.29) is 17.9 Å². The van der Waals surface area contributed by atoms with E-state index in [2.05, 4.69) is 5.32 Å². The van der Waals surface area contributed by atoms with Crippen LogP contribution < -0.4 is 5.32 Å². The molecule has 0 saturated carbocycles. The summed E-state index contributed by atoms with van der Waals surface area (Å²) in [7, 11) is 0. The molecule has 1 heterocycles. The number of hydrogen-bond acceptors (Lipinski definition) is 3. The van der Waals surface area contributed by atoms with Crippen molar-refractivity contribution >= 4 is 11.9 Å². The van der Waals surface area contributed by atoms with Gasteiger partial charge in [0.2, 0.25) is 5.91 Å². The maximum absolute atomic E-state index is 12.6. The Morgan fingerprint density at radius 2 is 2.09 bits per heavy atom. The zero-order chi connectivity index (χ0) is 16.7. The topological polar surface area (TPSA) is 75.6 Å². The molecule has 3 atom stereocenters. The third-order valence-corrected chi connectivity index (χ3v) is 4.25. The molecule has 0 bridgehead atoms. The molecule has 0 radical (unpaired) electrons. The fourth-order valence-electron chi connectivity index (χ4n) is 2.97. The number of unbranched alkanes of at least 4 members (excludes halogenated alkanes) is 1. The van der Waals surface area contributed by atoms with Crippen LogP contribution in [0.3, 0.4) is 0 Å². The van der Waals surface area contributed by atoms with Gasteiger partial charge >= 0.3 is 5.97 Å². The summed E-state index contributed by atoms with van der Waals surface area (Å²) in [5.74, 6) is -1.53. The van der Waals surface area contributed by atoms with Crippen LogP contribution in [0.4, 0.5) is 0 Å². The van der Waals surface area contributed by atoms with Crippen molar-refractivity contribution < 1.29 is 19.4 Å². The molecule has 5 nitrogen and oxygen atoms in total. The number of aliphatic carboxylic acids is 1. The van der Waals surface area contributed by atoms with E-state index in [1.807, 2.05) is 37.3 Å². The lowest BCUT2D eigenvalue weighted by Crippen LogP contribution is -2.46. The number of nitrogens with one attached hydrogen (secondary N) is 1. The van der Waals surface area contributed by atoms with Crippen LogP contribution in [-0.4, -0.2) is 29.6 Å². The lowest BCUT2D eigenvalue weighted by atomic mass is 9.88. The summed E-state index contributed by atoms with van der Waals surface area (Å²) in [5.41, 5.74) is 0.966. The van der Waals surface area contributed by atoms with Crippen LogP contribution in [0.2, 0.25) is 0 Å². The highest BCUT2D eigenvalue weighted by Gasteiger charge is 2.34. The van der Waals surface area contributed by atoms with Gasteiger partial charge in [-0.15, -0.1) is 0 Å². The predicted octanol–water partition coefficient (Wildman–Crippen LogP) is 2.91. The van der Waals surface area contributed by atoms with E-state index >= 15 is 0 Å². The van der Waals surface area contributed by atoms with Gasteiger partial charge in [-0.2, -0.15) is 0 Å². The van der Waals surface area contributed by atoms with Crippen LogP contribution >= 0.6 is 0 Å². The summed E-state index contributed by atoms with van der Waals surface area (Å²) < 4.78 is 5.81. The zero-order valence-corrected chi connectivity index (χ0v) is 13.5. The van der Waals surface area contributed by atoms with Gasteiger partial charge in [-0.1, -0.05) is 50.1 Å². The fourth-order valence-corrected chi connectivity index (χ4v) is 2.97. The number of benzene rings is 1. The Bertz CT molecular complexity index is 517. The molecule has 1 aromatic rings. The molecule has 1 saturated heterocycles. The van der Waals surface area contributed by atoms with E-state index in [0.29, 0.717) is 19.4 Å². The lowest BCUT2D eigenvalue weighted by Gasteiger charge is -2.32. The maximum atomic E-state index is 12.6. The van der Waals surface area contributed by atoms with Gasteiger partial charge in [0, 0.05) is 6.61 Å². The SMILES string of the molecule is CCCCC(NC(=O)C1CCCOC1c1ccccc1)C(=O)O. The average molecular weight is 319 g/mol. The molecule has 1 fully saturated rings. The van der Waals surface area contributed by atoms with Gasteiger partial charge in [-0.3, -0.25) is 4.79 Å². The summed E-state index contributed by atoms with van der Waals surface area (Å²) in [4.78, 5) is 23.9. The Morgan fingerprint density at radius 1 is 1.35 bits per heavy atom. The van der Waals surface area contributed by atoms with E-state index < -0.39 is 12.0 Å². The van der Waals surface area contributed by atoms with Crippen LogP contribution in [-0.2, 0) is 14.3 Å². The molecule has 0 spiro atoms. The van der Waals surface area contributed by atoms with Crippen LogP contribution in [0.15, 0.2) is 30.3 Å². The monoisotopic (exact) mass is 319 g/mol. The summed E-state index contributed by atoms with van der Waals surface area (Å²) in [6, 6.07) is 8.84. The first kappa shape index (κ1) is 17.5. The van der Waals surface area contributed by atoms with Crippen LogP contribution in [0.5, 0.6) is 0 Å². The van der Waals surface area contributed by atoms with Gasteiger partial charge < -0.3 is 15.2 Å². The van der Waals surface area contributed by atoms with Gasteiger partial charge in [0.15, 0.2) is 0 Å². The van der Waals surface area contributed by atoms with Crippen LogP contribution in [0.25, 0.3) is 0 Å². The largest absolute Gasteiger partial charge is 0.480 e. The third kappa shape index (κ3) is 4.79. The molecule has 3 unspecified atom stereocenters.